The quantitative estimate of drug-likeness (QED) is 0.816. The van der Waals surface area contributed by atoms with Crippen LogP contribution in [0.2, 0.25) is 0 Å². The fourth-order valence-corrected chi connectivity index (χ4v) is 1.69. The molecule has 0 bridgehead atoms. The van der Waals surface area contributed by atoms with E-state index < -0.39 is 11.6 Å². The molecule has 0 aliphatic heterocycles. The second kappa shape index (κ2) is 5.21. The summed E-state index contributed by atoms with van der Waals surface area (Å²) in [4.78, 5) is 0. The Morgan fingerprint density at radius 3 is 2.60 bits per heavy atom. The SMILES string of the molecule is CCCC(N)C(C)c1cccc(F)c1F. The van der Waals surface area contributed by atoms with Crippen molar-refractivity contribution in [1.29, 1.82) is 0 Å². The molecule has 0 aliphatic rings. The van der Waals surface area contributed by atoms with Crippen LogP contribution in [0.1, 0.15) is 38.2 Å². The summed E-state index contributed by atoms with van der Waals surface area (Å²) < 4.78 is 26.4. The topological polar surface area (TPSA) is 26.0 Å². The fraction of sp³-hybridized carbons (Fsp3) is 0.500. The van der Waals surface area contributed by atoms with Gasteiger partial charge in [-0.25, -0.2) is 8.78 Å². The minimum atomic E-state index is -0.803. The van der Waals surface area contributed by atoms with Gasteiger partial charge >= 0.3 is 0 Å². The molecule has 1 rings (SSSR count). The first-order chi connectivity index (χ1) is 7.07. The summed E-state index contributed by atoms with van der Waals surface area (Å²) in [6.07, 6.45) is 1.76. The van der Waals surface area contributed by atoms with Crippen LogP contribution in [0.3, 0.4) is 0 Å². The molecule has 0 spiro atoms. The van der Waals surface area contributed by atoms with Gasteiger partial charge in [-0.05, 0) is 24.0 Å². The van der Waals surface area contributed by atoms with Crippen LogP contribution in [0.5, 0.6) is 0 Å². The lowest BCUT2D eigenvalue weighted by atomic mass is 9.91. The largest absolute Gasteiger partial charge is 0.327 e. The predicted octanol–water partition coefficient (Wildman–Crippen LogP) is 3.20. The van der Waals surface area contributed by atoms with Crippen molar-refractivity contribution in [3.63, 3.8) is 0 Å². The minimum Gasteiger partial charge on any atom is -0.327 e. The first-order valence-electron chi connectivity index (χ1n) is 5.27. The molecule has 0 saturated carbocycles. The lowest BCUT2D eigenvalue weighted by Gasteiger charge is -2.20. The second-order valence-corrected chi connectivity index (χ2v) is 3.88. The maximum absolute atomic E-state index is 13.4. The van der Waals surface area contributed by atoms with E-state index in [1.807, 2.05) is 13.8 Å². The van der Waals surface area contributed by atoms with Crippen LogP contribution in [0.25, 0.3) is 0 Å². The third-order valence-electron chi connectivity index (χ3n) is 2.74. The van der Waals surface area contributed by atoms with Gasteiger partial charge in [-0.2, -0.15) is 0 Å². The van der Waals surface area contributed by atoms with E-state index in [0.717, 1.165) is 18.9 Å². The first kappa shape index (κ1) is 12.1. The third kappa shape index (κ3) is 2.75. The summed E-state index contributed by atoms with van der Waals surface area (Å²) in [5.41, 5.74) is 6.26. The molecule has 0 saturated heterocycles. The number of hydrogen-bond acceptors (Lipinski definition) is 1. The van der Waals surface area contributed by atoms with Crippen LogP contribution in [-0.2, 0) is 0 Å². The lowest BCUT2D eigenvalue weighted by Crippen LogP contribution is -2.27. The zero-order chi connectivity index (χ0) is 11.4. The van der Waals surface area contributed by atoms with Gasteiger partial charge in [0.1, 0.15) is 0 Å². The lowest BCUT2D eigenvalue weighted by molar-refractivity contribution is 0.462. The summed E-state index contributed by atoms with van der Waals surface area (Å²) in [5.74, 6) is -1.72. The highest BCUT2D eigenvalue weighted by Gasteiger charge is 2.19. The summed E-state index contributed by atoms with van der Waals surface area (Å²) in [7, 11) is 0. The van der Waals surface area contributed by atoms with Crippen LogP contribution in [0.15, 0.2) is 18.2 Å². The van der Waals surface area contributed by atoms with Gasteiger partial charge in [-0.15, -0.1) is 0 Å². The van der Waals surface area contributed by atoms with Crippen molar-refractivity contribution in [1.82, 2.24) is 0 Å². The van der Waals surface area contributed by atoms with E-state index in [1.54, 1.807) is 6.07 Å². The number of rotatable bonds is 4. The Bertz CT molecular complexity index is 325. The average molecular weight is 213 g/mol. The van der Waals surface area contributed by atoms with Crippen molar-refractivity contribution in [2.24, 2.45) is 5.73 Å². The van der Waals surface area contributed by atoms with Crippen LogP contribution >= 0.6 is 0 Å². The van der Waals surface area contributed by atoms with Gasteiger partial charge in [-0.3, -0.25) is 0 Å². The van der Waals surface area contributed by atoms with E-state index >= 15 is 0 Å². The highest BCUT2D eigenvalue weighted by atomic mass is 19.2. The van der Waals surface area contributed by atoms with E-state index in [0.29, 0.717) is 5.56 Å². The number of benzene rings is 1. The van der Waals surface area contributed by atoms with Crippen LogP contribution in [0, 0.1) is 11.6 Å². The molecule has 1 aromatic carbocycles. The molecule has 15 heavy (non-hydrogen) atoms. The molecule has 3 heteroatoms. The normalized spacial score (nSPS) is 15.0. The van der Waals surface area contributed by atoms with Gasteiger partial charge in [0.2, 0.25) is 0 Å². The molecule has 0 aromatic heterocycles. The zero-order valence-electron chi connectivity index (χ0n) is 9.13. The van der Waals surface area contributed by atoms with E-state index in [2.05, 4.69) is 0 Å². The molecule has 2 atom stereocenters. The Morgan fingerprint density at radius 1 is 1.33 bits per heavy atom. The van der Waals surface area contributed by atoms with Gasteiger partial charge in [0.25, 0.3) is 0 Å². The Labute approximate surface area is 89.3 Å². The molecule has 0 aliphatic carbocycles. The maximum Gasteiger partial charge on any atom is 0.162 e. The molecule has 0 amide bonds. The number of halogens is 2. The van der Waals surface area contributed by atoms with Crippen molar-refractivity contribution in [3.8, 4) is 0 Å². The predicted molar refractivity (Wildman–Crippen MR) is 57.7 cm³/mol. The van der Waals surface area contributed by atoms with Gasteiger partial charge < -0.3 is 5.73 Å². The Morgan fingerprint density at radius 2 is 2.00 bits per heavy atom. The summed E-state index contributed by atoms with van der Waals surface area (Å²) in [6.45, 7) is 3.85. The zero-order valence-corrected chi connectivity index (χ0v) is 9.13. The van der Waals surface area contributed by atoms with Crippen molar-refractivity contribution in [3.05, 3.63) is 35.4 Å². The van der Waals surface area contributed by atoms with Gasteiger partial charge in [0, 0.05) is 6.04 Å². The van der Waals surface area contributed by atoms with Crippen molar-refractivity contribution < 1.29 is 8.78 Å². The average Bonchev–Trinajstić information content (AvgIpc) is 2.21. The second-order valence-electron chi connectivity index (χ2n) is 3.88. The Balaban J connectivity index is 2.90. The van der Waals surface area contributed by atoms with E-state index in [-0.39, 0.29) is 12.0 Å². The van der Waals surface area contributed by atoms with Gasteiger partial charge in [0.05, 0.1) is 0 Å². The first-order valence-corrected chi connectivity index (χ1v) is 5.27. The van der Waals surface area contributed by atoms with Gasteiger partial charge in [0.15, 0.2) is 11.6 Å². The molecule has 0 fully saturated rings. The van der Waals surface area contributed by atoms with E-state index in [9.17, 15) is 8.78 Å². The summed E-state index contributed by atoms with van der Waals surface area (Å²) in [6, 6.07) is 4.12. The van der Waals surface area contributed by atoms with Gasteiger partial charge in [-0.1, -0.05) is 32.4 Å². The highest BCUT2D eigenvalue weighted by molar-refractivity contribution is 5.23. The van der Waals surface area contributed by atoms with E-state index in [1.165, 1.54) is 6.07 Å². The van der Waals surface area contributed by atoms with E-state index in [4.69, 9.17) is 5.73 Å². The summed E-state index contributed by atoms with van der Waals surface area (Å²) >= 11 is 0. The Kier molecular flexibility index (Phi) is 4.21. The monoisotopic (exact) mass is 213 g/mol. The maximum atomic E-state index is 13.4. The van der Waals surface area contributed by atoms with Crippen LogP contribution in [-0.4, -0.2) is 6.04 Å². The molecule has 0 radical (unpaired) electrons. The molecule has 0 heterocycles. The molecule has 2 N–H and O–H groups in total. The Hall–Kier alpha value is -0.960. The van der Waals surface area contributed by atoms with Crippen molar-refractivity contribution >= 4 is 0 Å². The molecular weight excluding hydrogens is 196 g/mol. The molecule has 2 unspecified atom stereocenters. The number of nitrogens with two attached hydrogens (primary N) is 1. The molecule has 84 valence electrons. The molecule has 1 aromatic rings. The van der Waals surface area contributed by atoms with Crippen LogP contribution in [0.4, 0.5) is 8.78 Å². The number of hydrogen-bond donors (Lipinski definition) is 1. The third-order valence-corrected chi connectivity index (χ3v) is 2.74. The van der Waals surface area contributed by atoms with Crippen molar-refractivity contribution in [2.75, 3.05) is 0 Å². The smallest absolute Gasteiger partial charge is 0.162 e. The minimum absolute atomic E-state index is 0.119. The van der Waals surface area contributed by atoms with Crippen LogP contribution < -0.4 is 5.73 Å². The standard InChI is InChI=1S/C12H17F2N/c1-3-5-11(15)8(2)9-6-4-7-10(13)12(9)14/h4,6-8,11H,3,5,15H2,1-2H3. The molecular formula is C12H17F2N. The van der Waals surface area contributed by atoms with Crippen molar-refractivity contribution in [2.45, 2.75) is 38.6 Å². The highest BCUT2D eigenvalue weighted by Crippen LogP contribution is 2.24. The molecule has 1 nitrogen and oxygen atoms in total. The fourth-order valence-electron chi connectivity index (χ4n) is 1.69. The summed E-state index contributed by atoms with van der Waals surface area (Å²) in [5, 5.41) is 0.